The topological polar surface area (TPSA) is 0 Å². The highest BCUT2D eigenvalue weighted by Gasteiger charge is 2.09. The number of halogens is 1. The molecular formula is C10H9Br. The van der Waals surface area contributed by atoms with Crippen molar-refractivity contribution in [3.05, 3.63) is 39.9 Å². The van der Waals surface area contributed by atoms with Crippen molar-refractivity contribution >= 4 is 22.0 Å². The Balaban J connectivity index is 2.25. The summed E-state index contributed by atoms with van der Waals surface area (Å²) < 4.78 is 1.15. The minimum Gasteiger partial charge on any atom is -0.0690 e. The lowest BCUT2D eigenvalue weighted by atomic mass is 10.2. The summed E-state index contributed by atoms with van der Waals surface area (Å²) in [6.45, 7) is 0. The molecule has 0 bridgehead atoms. The van der Waals surface area contributed by atoms with Crippen LogP contribution < -0.4 is 0 Å². The van der Waals surface area contributed by atoms with Crippen LogP contribution >= 0.6 is 15.9 Å². The second-order valence-electron chi connectivity index (χ2n) is 2.85. The van der Waals surface area contributed by atoms with Gasteiger partial charge in [-0.15, -0.1) is 0 Å². The molecule has 0 heterocycles. The van der Waals surface area contributed by atoms with Crippen LogP contribution in [-0.2, 0) is 0 Å². The Morgan fingerprint density at radius 2 is 1.73 bits per heavy atom. The van der Waals surface area contributed by atoms with Gasteiger partial charge in [0.1, 0.15) is 0 Å². The molecule has 0 aliphatic heterocycles. The summed E-state index contributed by atoms with van der Waals surface area (Å²) in [5, 5.41) is 0. The minimum atomic E-state index is 1.15. The highest BCUT2D eigenvalue weighted by molar-refractivity contribution is 9.10. The van der Waals surface area contributed by atoms with E-state index < -0.39 is 0 Å². The van der Waals surface area contributed by atoms with E-state index in [0.29, 0.717) is 0 Å². The Labute approximate surface area is 75.1 Å². The fourth-order valence-corrected chi connectivity index (χ4v) is 1.28. The lowest BCUT2D eigenvalue weighted by Crippen LogP contribution is -1.69. The third-order valence-electron chi connectivity index (χ3n) is 1.78. The Hall–Kier alpha value is -0.560. The van der Waals surface area contributed by atoms with Crippen molar-refractivity contribution in [2.75, 3.05) is 0 Å². The lowest BCUT2D eigenvalue weighted by molar-refractivity contribution is 1.50. The van der Waals surface area contributed by atoms with Gasteiger partial charge in [0.25, 0.3) is 0 Å². The summed E-state index contributed by atoms with van der Waals surface area (Å²) in [6, 6.07) is 8.42. The van der Waals surface area contributed by atoms with Gasteiger partial charge in [0, 0.05) is 4.47 Å². The van der Waals surface area contributed by atoms with Gasteiger partial charge in [0.15, 0.2) is 0 Å². The van der Waals surface area contributed by atoms with Gasteiger partial charge in [-0.1, -0.05) is 39.7 Å². The maximum atomic E-state index is 3.41. The third-order valence-corrected chi connectivity index (χ3v) is 2.31. The first-order valence-corrected chi connectivity index (χ1v) is 4.59. The Morgan fingerprint density at radius 1 is 1.09 bits per heavy atom. The van der Waals surface area contributed by atoms with Crippen LogP contribution in [0.25, 0.3) is 6.08 Å². The molecule has 1 aliphatic rings. The van der Waals surface area contributed by atoms with E-state index in [2.05, 4.69) is 46.3 Å². The quantitative estimate of drug-likeness (QED) is 0.662. The smallest absolute Gasteiger partial charge is 0.0175 e. The van der Waals surface area contributed by atoms with Crippen LogP contribution in [0, 0.1) is 0 Å². The molecule has 1 aliphatic carbocycles. The van der Waals surface area contributed by atoms with E-state index in [4.69, 9.17) is 0 Å². The van der Waals surface area contributed by atoms with Gasteiger partial charge in [-0.25, -0.2) is 0 Å². The number of allylic oxidation sites excluding steroid dienone is 1. The van der Waals surface area contributed by atoms with Crippen molar-refractivity contribution in [2.24, 2.45) is 0 Å². The van der Waals surface area contributed by atoms with Gasteiger partial charge in [0.05, 0.1) is 0 Å². The van der Waals surface area contributed by atoms with Crippen LogP contribution in [0.15, 0.2) is 34.3 Å². The lowest BCUT2D eigenvalue weighted by Gasteiger charge is -1.91. The van der Waals surface area contributed by atoms with E-state index in [9.17, 15) is 0 Å². The number of hydrogen-bond acceptors (Lipinski definition) is 0. The highest BCUT2D eigenvalue weighted by Crippen LogP contribution is 2.30. The molecule has 1 saturated carbocycles. The molecule has 0 spiro atoms. The zero-order valence-electron chi connectivity index (χ0n) is 6.18. The van der Waals surface area contributed by atoms with Gasteiger partial charge >= 0.3 is 0 Å². The number of rotatable bonds is 1. The fourth-order valence-electron chi connectivity index (χ4n) is 1.01. The van der Waals surface area contributed by atoms with E-state index in [-0.39, 0.29) is 0 Å². The maximum absolute atomic E-state index is 3.41. The summed E-state index contributed by atoms with van der Waals surface area (Å²) in [4.78, 5) is 0. The van der Waals surface area contributed by atoms with Gasteiger partial charge < -0.3 is 0 Å². The van der Waals surface area contributed by atoms with E-state index in [1.807, 2.05) is 0 Å². The van der Waals surface area contributed by atoms with Crippen LogP contribution in [0.2, 0.25) is 0 Å². The van der Waals surface area contributed by atoms with Crippen molar-refractivity contribution in [3.63, 3.8) is 0 Å². The van der Waals surface area contributed by atoms with Gasteiger partial charge in [-0.2, -0.15) is 0 Å². The van der Waals surface area contributed by atoms with Crippen molar-refractivity contribution < 1.29 is 0 Å². The maximum Gasteiger partial charge on any atom is 0.0175 e. The molecule has 1 aromatic rings. The van der Waals surface area contributed by atoms with Crippen LogP contribution in [0.5, 0.6) is 0 Å². The van der Waals surface area contributed by atoms with Gasteiger partial charge in [0.2, 0.25) is 0 Å². The first-order chi connectivity index (χ1) is 5.34. The van der Waals surface area contributed by atoms with Crippen molar-refractivity contribution in [2.45, 2.75) is 12.8 Å². The molecule has 0 aromatic heterocycles. The summed E-state index contributed by atoms with van der Waals surface area (Å²) in [5.41, 5.74) is 2.90. The molecule has 0 saturated heterocycles. The Kier molecular flexibility index (Phi) is 1.82. The first kappa shape index (κ1) is 7.11. The molecule has 0 atom stereocenters. The van der Waals surface area contributed by atoms with Crippen LogP contribution in [-0.4, -0.2) is 0 Å². The molecular weight excluding hydrogens is 200 g/mol. The fraction of sp³-hybridized carbons (Fsp3) is 0.200. The van der Waals surface area contributed by atoms with Crippen molar-refractivity contribution in [3.8, 4) is 0 Å². The van der Waals surface area contributed by atoms with Crippen LogP contribution in [0.1, 0.15) is 18.4 Å². The van der Waals surface area contributed by atoms with E-state index >= 15 is 0 Å². The molecule has 0 radical (unpaired) electrons. The summed E-state index contributed by atoms with van der Waals surface area (Å²) in [5.74, 6) is 0. The standard InChI is InChI=1S/C10H9Br/c11-10-5-3-9(4-6-10)7-8-1-2-8/h3-7H,1-2H2. The average Bonchev–Trinajstić information content (AvgIpc) is 2.78. The average molecular weight is 209 g/mol. The Morgan fingerprint density at radius 3 is 2.27 bits per heavy atom. The SMILES string of the molecule is Brc1ccc(C=C2CC2)cc1. The minimum absolute atomic E-state index is 1.15. The monoisotopic (exact) mass is 208 g/mol. The van der Waals surface area contributed by atoms with E-state index in [1.165, 1.54) is 18.4 Å². The molecule has 1 aromatic carbocycles. The molecule has 0 N–H and O–H groups in total. The van der Waals surface area contributed by atoms with E-state index in [0.717, 1.165) is 4.47 Å². The molecule has 1 fully saturated rings. The molecule has 0 unspecified atom stereocenters. The largest absolute Gasteiger partial charge is 0.0690 e. The van der Waals surface area contributed by atoms with Crippen molar-refractivity contribution in [1.82, 2.24) is 0 Å². The zero-order valence-corrected chi connectivity index (χ0v) is 7.76. The van der Waals surface area contributed by atoms with Gasteiger partial charge in [-0.05, 0) is 30.5 Å². The molecule has 2 rings (SSSR count). The zero-order chi connectivity index (χ0) is 7.68. The number of benzene rings is 1. The number of hydrogen-bond donors (Lipinski definition) is 0. The summed E-state index contributed by atoms with van der Waals surface area (Å²) >= 11 is 3.41. The highest BCUT2D eigenvalue weighted by atomic mass is 79.9. The van der Waals surface area contributed by atoms with Gasteiger partial charge in [-0.3, -0.25) is 0 Å². The molecule has 11 heavy (non-hydrogen) atoms. The van der Waals surface area contributed by atoms with E-state index in [1.54, 1.807) is 5.57 Å². The Bertz CT molecular complexity index is 276. The van der Waals surface area contributed by atoms with Crippen LogP contribution in [0.3, 0.4) is 0 Å². The van der Waals surface area contributed by atoms with Crippen molar-refractivity contribution in [1.29, 1.82) is 0 Å². The molecule has 0 nitrogen and oxygen atoms in total. The third kappa shape index (κ3) is 1.93. The molecule has 56 valence electrons. The summed E-state index contributed by atoms with van der Waals surface area (Å²) in [6.07, 6.45) is 4.87. The first-order valence-electron chi connectivity index (χ1n) is 3.79. The molecule has 1 heteroatoms. The van der Waals surface area contributed by atoms with Crippen LogP contribution in [0.4, 0.5) is 0 Å². The predicted octanol–water partition coefficient (Wildman–Crippen LogP) is 3.63. The molecule has 0 amide bonds. The second-order valence-corrected chi connectivity index (χ2v) is 3.77. The normalized spacial score (nSPS) is 14.8. The predicted molar refractivity (Wildman–Crippen MR) is 51.4 cm³/mol. The second kappa shape index (κ2) is 2.82. The summed E-state index contributed by atoms with van der Waals surface area (Å²) in [7, 11) is 0.